The van der Waals surface area contributed by atoms with Crippen molar-refractivity contribution in [1.82, 2.24) is 5.32 Å². The van der Waals surface area contributed by atoms with Gasteiger partial charge in [0.05, 0.1) is 12.2 Å². The molecule has 0 atom stereocenters. The zero-order valence-electron chi connectivity index (χ0n) is 12.9. The highest BCUT2D eigenvalue weighted by Gasteiger charge is 2.28. The Balaban J connectivity index is 1.70. The second-order valence-corrected chi connectivity index (χ2v) is 7.01. The van der Waals surface area contributed by atoms with Gasteiger partial charge in [0.15, 0.2) is 0 Å². The zero-order chi connectivity index (χ0) is 15.0. The van der Waals surface area contributed by atoms with Crippen LogP contribution >= 0.6 is 11.8 Å². The van der Waals surface area contributed by atoms with Crippen molar-refractivity contribution in [3.63, 3.8) is 0 Å². The van der Waals surface area contributed by atoms with Crippen LogP contribution in [0.3, 0.4) is 0 Å². The lowest BCUT2D eigenvalue weighted by molar-refractivity contribution is 0.0320. The fourth-order valence-electron chi connectivity index (χ4n) is 2.41. The number of thioether (sulfide) groups is 1. The Morgan fingerprint density at radius 1 is 1.24 bits per heavy atom. The highest BCUT2D eigenvalue weighted by Crippen LogP contribution is 2.26. The van der Waals surface area contributed by atoms with E-state index < -0.39 is 5.60 Å². The Bertz CT molecular complexity index is 402. The summed E-state index contributed by atoms with van der Waals surface area (Å²) in [5.41, 5.74) is 0.723. The van der Waals surface area contributed by atoms with Gasteiger partial charge in [0.1, 0.15) is 5.75 Å². The quantitative estimate of drug-likeness (QED) is 0.724. The molecule has 0 amide bonds. The normalized spacial score (nSPS) is 17.6. The average molecular weight is 309 g/mol. The third kappa shape index (κ3) is 5.89. The standard InChI is InChI=1S/C17H27NO2S/c1-2-3-10-20-16-6-4-15(5-7-16)13-18-14-17(19)8-11-21-12-9-17/h4-7,18-19H,2-3,8-14H2,1H3. The summed E-state index contributed by atoms with van der Waals surface area (Å²) >= 11 is 1.93. The van der Waals surface area contributed by atoms with Crippen LogP contribution in [0.15, 0.2) is 24.3 Å². The molecule has 1 aliphatic rings. The molecule has 2 N–H and O–H groups in total. The van der Waals surface area contributed by atoms with Crippen molar-refractivity contribution in [2.75, 3.05) is 24.7 Å². The van der Waals surface area contributed by atoms with E-state index in [2.05, 4.69) is 24.4 Å². The van der Waals surface area contributed by atoms with Crippen LogP contribution in [0.2, 0.25) is 0 Å². The first-order valence-electron chi connectivity index (χ1n) is 7.94. The van der Waals surface area contributed by atoms with Crippen LogP contribution in [0.25, 0.3) is 0 Å². The van der Waals surface area contributed by atoms with Crippen LogP contribution in [-0.4, -0.2) is 35.4 Å². The SMILES string of the molecule is CCCCOc1ccc(CNCC2(O)CCSCC2)cc1. The topological polar surface area (TPSA) is 41.5 Å². The van der Waals surface area contributed by atoms with E-state index in [0.29, 0.717) is 6.54 Å². The van der Waals surface area contributed by atoms with Crippen LogP contribution in [0, 0.1) is 0 Å². The number of benzene rings is 1. The molecular weight excluding hydrogens is 282 g/mol. The Hall–Kier alpha value is -0.710. The highest BCUT2D eigenvalue weighted by atomic mass is 32.2. The monoisotopic (exact) mass is 309 g/mol. The van der Waals surface area contributed by atoms with Crippen molar-refractivity contribution in [2.45, 2.75) is 44.8 Å². The van der Waals surface area contributed by atoms with Crippen LogP contribution in [0.4, 0.5) is 0 Å². The van der Waals surface area contributed by atoms with Crippen LogP contribution in [-0.2, 0) is 6.54 Å². The summed E-state index contributed by atoms with van der Waals surface area (Å²) in [5.74, 6) is 3.08. The summed E-state index contributed by atoms with van der Waals surface area (Å²) in [6.07, 6.45) is 4.05. The number of nitrogens with one attached hydrogen (secondary N) is 1. The van der Waals surface area contributed by atoms with Gasteiger partial charge in [0, 0.05) is 13.1 Å². The molecule has 0 radical (unpaired) electrons. The summed E-state index contributed by atoms with van der Waals surface area (Å²) in [6.45, 7) is 4.43. The maximum Gasteiger partial charge on any atom is 0.119 e. The molecule has 1 aliphatic heterocycles. The highest BCUT2D eigenvalue weighted by molar-refractivity contribution is 7.99. The summed E-state index contributed by atoms with van der Waals surface area (Å²) in [7, 11) is 0. The maximum atomic E-state index is 10.4. The fourth-order valence-corrected chi connectivity index (χ4v) is 3.66. The minimum absolute atomic E-state index is 0.506. The van der Waals surface area contributed by atoms with E-state index in [1.807, 2.05) is 23.9 Å². The predicted molar refractivity (Wildman–Crippen MR) is 90.1 cm³/mol. The number of hydrogen-bond donors (Lipinski definition) is 2. The van der Waals surface area contributed by atoms with E-state index >= 15 is 0 Å². The van der Waals surface area contributed by atoms with Gasteiger partial charge in [-0.15, -0.1) is 0 Å². The number of ether oxygens (including phenoxy) is 1. The second kappa shape index (κ2) is 8.66. The fraction of sp³-hybridized carbons (Fsp3) is 0.647. The van der Waals surface area contributed by atoms with Crippen molar-refractivity contribution in [1.29, 1.82) is 0 Å². The first kappa shape index (κ1) is 16.7. The van der Waals surface area contributed by atoms with E-state index in [1.54, 1.807) is 0 Å². The molecule has 1 heterocycles. The lowest BCUT2D eigenvalue weighted by atomic mass is 9.97. The molecule has 0 saturated carbocycles. The number of hydrogen-bond acceptors (Lipinski definition) is 4. The van der Waals surface area contributed by atoms with Crippen molar-refractivity contribution in [3.8, 4) is 5.75 Å². The third-order valence-corrected chi connectivity index (χ3v) is 4.88. The number of unbranched alkanes of at least 4 members (excludes halogenated alkanes) is 1. The summed E-state index contributed by atoms with van der Waals surface area (Å²) in [4.78, 5) is 0. The number of rotatable bonds is 8. The van der Waals surface area contributed by atoms with Gasteiger partial charge in [-0.25, -0.2) is 0 Å². The molecule has 1 saturated heterocycles. The van der Waals surface area contributed by atoms with Gasteiger partial charge in [0.2, 0.25) is 0 Å². The van der Waals surface area contributed by atoms with Gasteiger partial charge in [-0.2, -0.15) is 11.8 Å². The smallest absolute Gasteiger partial charge is 0.119 e. The van der Waals surface area contributed by atoms with Crippen LogP contribution < -0.4 is 10.1 Å². The molecule has 0 spiro atoms. The third-order valence-electron chi connectivity index (χ3n) is 3.90. The van der Waals surface area contributed by atoms with E-state index in [1.165, 1.54) is 5.56 Å². The molecule has 1 fully saturated rings. The molecule has 4 heteroatoms. The Labute approximate surface area is 132 Å². The summed E-state index contributed by atoms with van der Waals surface area (Å²) in [5, 5.41) is 13.8. The Kier molecular flexibility index (Phi) is 6.87. The summed E-state index contributed by atoms with van der Waals surface area (Å²) < 4.78 is 5.65. The molecule has 1 aromatic rings. The largest absolute Gasteiger partial charge is 0.494 e. The number of aliphatic hydroxyl groups is 1. The lowest BCUT2D eigenvalue weighted by Gasteiger charge is -2.32. The maximum absolute atomic E-state index is 10.4. The van der Waals surface area contributed by atoms with Gasteiger partial charge < -0.3 is 15.2 Å². The van der Waals surface area contributed by atoms with E-state index in [9.17, 15) is 5.11 Å². The van der Waals surface area contributed by atoms with Gasteiger partial charge >= 0.3 is 0 Å². The lowest BCUT2D eigenvalue weighted by Crippen LogP contribution is -2.43. The van der Waals surface area contributed by atoms with Crippen molar-refractivity contribution < 1.29 is 9.84 Å². The second-order valence-electron chi connectivity index (χ2n) is 5.79. The van der Waals surface area contributed by atoms with Crippen LogP contribution in [0.1, 0.15) is 38.2 Å². The van der Waals surface area contributed by atoms with Gasteiger partial charge in [0.25, 0.3) is 0 Å². The van der Waals surface area contributed by atoms with Crippen molar-refractivity contribution in [2.24, 2.45) is 0 Å². The molecule has 1 aromatic carbocycles. The molecule has 2 rings (SSSR count). The zero-order valence-corrected chi connectivity index (χ0v) is 13.8. The molecule has 0 aliphatic carbocycles. The van der Waals surface area contributed by atoms with Gasteiger partial charge in [-0.05, 0) is 48.5 Å². The molecular formula is C17H27NO2S. The Morgan fingerprint density at radius 3 is 2.62 bits per heavy atom. The summed E-state index contributed by atoms with van der Waals surface area (Å²) in [6, 6.07) is 8.24. The van der Waals surface area contributed by atoms with Crippen molar-refractivity contribution in [3.05, 3.63) is 29.8 Å². The molecule has 0 aromatic heterocycles. The van der Waals surface area contributed by atoms with Crippen LogP contribution in [0.5, 0.6) is 5.75 Å². The van der Waals surface area contributed by atoms with E-state index in [-0.39, 0.29) is 0 Å². The molecule has 0 unspecified atom stereocenters. The van der Waals surface area contributed by atoms with E-state index in [4.69, 9.17) is 4.74 Å². The Morgan fingerprint density at radius 2 is 1.95 bits per heavy atom. The first-order chi connectivity index (χ1) is 10.2. The van der Waals surface area contributed by atoms with E-state index in [0.717, 1.165) is 56.1 Å². The molecule has 21 heavy (non-hydrogen) atoms. The molecule has 3 nitrogen and oxygen atoms in total. The molecule has 0 bridgehead atoms. The van der Waals surface area contributed by atoms with Gasteiger partial charge in [-0.3, -0.25) is 0 Å². The minimum atomic E-state index is -0.506. The first-order valence-corrected chi connectivity index (χ1v) is 9.10. The molecule has 118 valence electrons. The van der Waals surface area contributed by atoms with Crippen molar-refractivity contribution >= 4 is 11.8 Å². The minimum Gasteiger partial charge on any atom is -0.494 e. The predicted octanol–water partition coefficient (Wildman–Crippen LogP) is 3.21. The average Bonchev–Trinajstić information content (AvgIpc) is 2.50. The van der Waals surface area contributed by atoms with Gasteiger partial charge in [-0.1, -0.05) is 25.5 Å².